The highest BCUT2D eigenvalue weighted by atomic mass is 35.5. The molecule has 2 aromatic rings. The number of urea groups is 1. The summed E-state index contributed by atoms with van der Waals surface area (Å²) in [6.45, 7) is 0. The fourth-order valence-corrected chi connectivity index (χ4v) is 4.36. The van der Waals surface area contributed by atoms with Crippen LogP contribution in [0.4, 0.5) is 10.5 Å². The van der Waals surface area contributed by atoms with Crippen molar-refractivity contribution in [2.75, 3.05) is 5.32 Å². The third-order valence-electron chi connectivity index (χ3n) is 5.32. The van der Waals surface area contributed by atoms with E-state index in [-0.39, 0.29) is 18.1 Å². The third-order valence-corrected chi connectivity index (χ3v) is 5.64. The highest BCUT2D eigenvalue weighted by molar-refractivity contribution is 6.33. The molecule has 1 unspecified atom stereocenters. The standard InChI is InChI=1S/C19H20ClN3O2/c20-16-5-1-2-6-17(16)22-18(24)23-14-7-8-15(23)11-19(25,10-14)13-4-3-9-21-12-13/h1-6,9,12,14-15,25H,7-8,10-11H2,(H,22,24)/t14-,15+,19?. The quantitative estimate of drug-likeness (QED) is 0.859. The molecule has 6 heteroatoms. The van der Waals surface area contributed by atoms with E-state index in [0.717, 1.165) is 18.4 Å². The van der Waals surface area contributed by atoms with Gasteiger partial charge < -0.3 is 15.3 Å². The van der Waals surface area contributed by atoms with Gasteiger partial charge in [-0.3, -0.25) is 4.98 Å². The molecule has 2 amide bonds. The molecule has 2 bridgehead atoms. The predicted molar refractivity (Wildman–Crippen MR) is 96.5 cm³/mol. The van der Waals surface area contributed by atoms with Crippen molar-refractivity contribution in [2.45, 2.75) is 43.4 Å². The van der Waals surface area contributed by atoms with E-state index < -0.39 is 5.60 Å². The van der Waals surface area contributed by atoms with Crippen molar-refractivity contribution in [1.82, 2.24) is 9.88 Å². The van der Waals surface area contributed by atoms with Crippen molar-refractivity contribution >= 4 is 23.3 Å². The summed E-state index contributed by atoms with van der Waals surface area (Å²) < 4.78 is 0. The second-order valence-corrected chi connectivity index (χ2v) is 7.29. The first-order valence-corrected chi connectivity index (χ1v) is 8.91. The molecule has 1 aromatic carbocycles. The Hall–Kier alpha value is -2.11. The van der Waals surface area contributed by atoms with Crippen LogP contribution in [-0.2, 0) is 5.60 Å². The predicted octanol–water partition coefficient (Wildman–Crippen LogP) is 3.78. The van der Waals surface area contributed by atoms with Crippen LogP contribution in [0.5, 0.6) is 0 Å². The molecule has 25 heavy (non-hydrogen) atoms. The lowest BCUT2D eigenvalue weighted by Gasteiger charge is -2.43. The number of nitrogens with one attached hydrogen (secondary N) is 1. The summed E-state index contributed by atoms with van der Waals surface area (Å²) in [6.07, 6.45) is 6.30. The zero-order chi connectivity index (χ0) is 17.4. The molecule has 1 aromatic heterocycles. The molecular weight excluding hydrogens is 338 g/mol. The van der Waals surface area contributed by atoms with Crippen LogP contribution in [0.1, 0.15) is 31.2 Å². The minimum Gasteiger partial charge on any atom is -0.385 e. The summed E-state index contributed by atoms with van der Waals surface area (Å²) in [6, 6.07) is 10.9. The van der Waals surface area contributed by atoms with Crippen molar-refractivity contribution in [1.29, 1.82) is 0 Å². The second-order valence-electron chi connectivity index (χ2n) is 6.88. The minimum absolute atomic E-state index is 0.0199. The van der Waals surface area contributed by atoms with Gasteiger partial charge in [-0.25, -0.2) is 4.79 Å². The fourth-order valence-electron chi connectivity index (χ4n) is 4.17. The number of hydrogen-bond donors (Lipinski definition) is 2. The molecule has 3 atom stereocenters. The number of fused-ring (bicyclic) bond motifs is 2. The maximum atomic E-state index is 12.8. The first kappa shape index (κ1) is 16.4. The Balaban J connectivity index is 1.53. The van der Waals surface area contributed by atoms with E-state index >= 15 is 0 Å². The number of nitrogens with zero attached hydrogens (tertiary/aromatic N) is 2. The van der Waals surface area contributed by atoms with Crippen molar-refractivity contribution in [3.05, 3.63) is 59.4 Å². The number of para-hydroxylation sites is 1. The van der Waals surface area contributed by atoms with Gasteiger partial charge >= 0.3 is 6.03 Å². The normalized spacial score (nSPS) is 28.0. The molecular formula is C19H20ClN3O2. The molecule has 0 saturated carbocycles. The number of carbonyl (C=O) groups is 1. The number of aliphatic hydroxyl groups is 1. The van der Waals surface area contributed by atoms with Crippen molar-refractivity contribution in [2.24, 2.45) is 0 Å². The molecule has 130 valence electrons. The van der Waals surface area contributed by atoms with Gasteiger partial charge in [0, 0.05) is 42.9 Å². The lowest BCUT2D eigenvalue weighted by molar-refractivity contribution is -0.0424. The average molecular weight is 358 g/mol. The van der Waals surface area contributed by atoms with Crippen LogP contribution in [0.15, 0.2) is 48.8 Å². The molecule has 0 radical (unpaired) electrons. The van der Waals surface area contributed by atoms with Gasteiger partial charge in [0.2, 0.25) is 0 Å². The molecule has 5 nitrogen and oxygen atoms in total. The van der Waals surface area contributed by atoms with Gasteiger partial charge in [0.25, 0.3) is 0 Å². The summed E-state index contributed by atoms with van der Waals surface area (Å²) in [7, 11) is 0. The molecule has 2 saturated heterocycles. The highest BCUT2D eigenvalue weighted by Crippen LogP contribution is 2.45. The van der Waals surface area contributed by atoms with E-state index in [1.54, 1.807) is 24.5 Å². The molecule has 0 aliphatic carbocycles. The molecule has 2 aliphatic rings. The number of pyridine rings is 1. The SMILES string of the molecule is O=C(Nc1ccccc1Cl)N1[C@@H]2CC[C@H]1CC(O)(c1cccnc1)C2. The summed E-state index contributed by atoms with van der Waals surface area (Å²) >= 11 is 6.14. The van der Waals surface area contributed by atoms with Crippen LogP contribution >= 0.6 is 11.6 Å². The molecule has 2 fully saturated rings. The Morgan fingerprint density at radius 1 is 1.20 bits per heavy atom. The van der Waals surface area contributed by atoms with E-state index in [1.807, 2.05) is 29.2 Å². The van der Waals surface area contributed by atoms with Crippen LogP contribution in [0.3, 0.4) is 0 Å². The van der Waals surface area contributed by atoms with E-state index in [1.165, 1.54) is 0 Å². The molecule has 3 heterocycles. The minimum atomic E-state index is -0.915. The Labute approximate surface area is 151 Å². The van der Waals surface area contributed by atoms with Crippen LogP contribution < -0.4 is 5.32 Å². The lowest BCUT2D eigenvalue weighted by atomic mass is 9.81. The van der Waals surface area contributed by atoms with Gasteiger partial charge in [0.15, 0.2) is 0 Å². The number of hydrogen-bond acceptors (Lipinski definition) is 3. The van der Waals surface area contributed by atoms with E-state index in [4.69, 9.17) is 11.6 Å². The summed E-state index contributed by atoms with van der Waals surface area (Å²) in [5.41, 5.74) is 0.529. The summed E-state index contributed by atoms with van der Waals surface area (Å²) in [4.78, 5) is 18.8. The molecule has 4 rings (SSSR count). The number of rotatable bonds is 2. The monoisotopic (exact) mass is 357 g/mol. The van der Waals surface area contributed by atoms with Gasteiger partial charge in [-0.2, -0.15) is 0 Å². The van der Waals surface area contributed by atoms with Crippen LogP contribution in [0.2, 0.25) is 5.02 Å². The lowest BCUT2D eigenvalue weighted by Crippen LogP contribution is -2.53. The number of halogens is 1. The van der Waals surface area contributed by atoms with Gasteiger partial charge in [0.05, 0.1) is 16.3 Å². The van der Waals surface area contributed by atoms with E-state index in [0.29, 0.717) is 23.6 Å². The number of benzene rings is 1. The zero-order valence-electron chi connectivity index (χ0n) is 13.7. The zero-order valence-corrected chi connectivity index (χ0v) is 14.5. The van der Waals surface area contributed by atoms with Gasteiger partial charge in [-0.1, -0.05) is 29.8 Å². The maximum absolute atomic E-state index is 12.8. The number of carbonyl (C=O) groups excluding carboxylic acids is 1. The average Bonchev–Trinajstić information content (AvgIpc) is 2.90. The van der Waals surface area contributed by atoms with Gasteiger partial charge in [-0.05, 0) is 31.0 Å². The first-order valence-electron chi connectivity index (χ1n) is 8.53. The van der Waals surface area contributed by atoms with Crippen molar-refractivity contribution in [3.8, 4) is 0 Å². The third kappa shape index (κ3) is 2.98. The Bertz CT molecular complexity index is 769. The summed E-state index contributed by atoms with van der Waals surface area (Å²) in [5.74, 6) is 0. The number of piperidine rings is 1. The molecule has 2 N–H and O–H groups in total. The Morgan fingerprint density at radius 3 is 2.56 bits per heavy atom. The van der Waals surface area contributed by atoms with E-state index in [2.05, 4.69) is 10.3 Å². The van der Waals surface area contributed by atoms with E-state index in [9.17, 15) is 9.90 Å². The number of amides is 2. The van der Waals surface area contributed by atoms with Crippen LogP contribution in [0.25, 0.3) is 0 Å². The van der Waals surface area contributed by atoms with Crippen molar-refractivity contribution in [3.63, 3.8) is 0 Å². The molecule has 2 aliphatic heterocycles. The Kier molecular flexibility index (Phi) is 4.13. The maximum Gasteiger partial charge on any atom is 0.322 e. The van der Waals surface area contributed by atoms with Gasteiger partial charge in [0.1, 0.15) is 0 Å². The number of aromatic nitrogens is 1. The van der Waals surface area contributed by atoms with Crippen molar-refractivity contribution < 1.29 is 9.90 Å². The molecule has 0 spiro atoms. The van der Waals surface area contributed by atoms with Crippen LogP contribution in [0, 0.1) is 0 Å². The Morgan fingerprint density at radius 2 is 1.92 bits per heavy atom. The largest absolute Gasteiger partial charge is 0.385 e. The van der Waals surface area contributed by atoms with Gasteiger partial charge in [-0.15, -0.1) is 0 Å². The summed E-state index contributed by atoms with van der Waals surface area (Å²) in [5, 5.41) is 14.6. The van der Waals surface area contributed by atoms with Crippen LogP contribution in [-0.4, -0.2) is 33.1 Å². The topological polar surface area (TPSA) is 65.5 Å². The second kappa shape index (κ2) is 6.32. The number of anilines is 1. The fraction of sp³-hybridized carbons (Fsp3) is 0.368. The highest BCUT2D eigenvalue weighted by Gasteiger charge is 2.50. The smallest absolute Gasteiger partial charge is 0.322 e. The first-order chi connectivity index (χ1) is 12.1.